The molecule has 0 N–H and O–H groups in total. The Morgan fingerprint density at radius 2 is 1.85 bits per heavy atom. The summed E-state index contributed by atoms with van der Waals surface area (Å²) in [6, 6.07) is 10.4. The molecule has 1 rings (SSSR count). The van der Waals surface area contributed by atoms with Crippen molar-refractivity contribution in [1.29, 1.82) is 0 Å². The van der Waals surface area contributed by atoms with E-state index in [0.29, 0.717) is 0 Å². The molecule has 0 aliphatic rings. The standard InChI is InChI=1S/C11H15ClS/c1-9(12)11(2,13-3)10-7-5-4-6-8-10/h4-9H,1-3H3/t9-,11+/m0/s1. The number of hydrogen-bond acceptors (Lipinski definition) is 1. The molecule has 0 amide bonds. The maximum absolute atomic E-state index is 6.20. The van der Waals surface area contributed by atoms with Crippen molar-refractivity contribution >= 4 is 23.4 Å². The fourth-order valence-corrected chi connectivity index (χ4v) is 2.37. The van der Waals surface area contributed by atoms with Crippen LogP contribution in [0.1, 0.15) is 19.4 Å². The molecule has 0 spiro atoms. The van der Waals surface area contributed by atoms with Crippen molar-refractivity contribution in [3.05, 3.63) is 35.9 Å². The topological polar surface area (TPSA) is 0 Å². The second kappa shape index (κ2) is 4.39. The number of rotatable bonds is 3. The molecule has 0 fully saturated rings. The Morgan fingerprint density at radius 3 is 2.23 bits per heavy atom. The molecule has 2 atom stereocenters. The lowest BCUT2D eigenvalue weighted by molar-refractivity contribution is 0.675. The number of thioether (sulfide) groups is 1. The monoisotopic (exact) mass is 214 g/mol. The Hall–Kier alpha value is -0.140. The van der Waals surface area contributed by atoms with Crippen molar-refractivity contribution in [3.8, 4) is 0 Å². The molecule has 72 valence electrons. The highest BCUT2D eigenvalue weighted by molar-refractivity contribution is 7.99. The van der Waals surface area contributed by atoms with Gasteiger partial charge >= 0.3 is 0 Å². The Balaban J connectivity index is 3.03. The highest BCUT2D eigenvalue weighted by Crippen LogP contribution is 2.39. The minimum Gasteiger partial charge on any atom is -0.153 e. The van der Waals surface area contributed by atoms with Gasteiger partial charge in [-0.1, -0.05) is 30.3 Å². The third-order valence-corrected chi connectivity index (χ3v) is 4.53. The molecule has 0 radical (unpaired) electrons. The molecule has 1 aromatic carbocycles. The molecule has 0 aliphatic heterocycles. The first kappa shape index (κ1) is 10.9. The fraction of sp³-hybridized carbons (Fsp3) is 0.455. The van der Waals surface area contributed by atoms with Gasteiger partial charge in [0.2, 0.25) is 0 Å². The molecule has 0 aliphatic carbocycles. The molecular weight excluding hydrogens is 200 g/mol. The smallest absolute Gasteiger partial charge is 0.0537 e. The highest BCUT2D eigenvalue weighted by Gasteiger charge is 2.30. The predicted molar refractivity (Wildman–Crippen MR) is 62.6 cm³/mol. The van der Waals surface area contributed by atoms with Crippen LogP contribution in [0.4, 0.5) is 0 Å². The van der Waals surface area contributed by atoms with Gasteiger partial charge in [-0.05, 0) is 25.7 Å². The molecule has 0 saturated carbocycles. The molecule has 0 unspecified atom stereocenters. The second-order valence-corrected chi connectivity index (χ2v) is 5.20. The largest absolute Gasteiger partial charge is 0.153 e. The summed E-state index contributed by atoms with van der Waals surface area (Å²) in [5, 5.41) is 0.130. The maximum atomic E-state index is 6.20. The van der Waals surface area contributed by atoms with Crippen LogP contribution in [-0.2, 0) is 4.75 Å². The van der Waals surface area contributed by atoms with Crippen LogP contribution in [0, 0.1) is 0 Å². The van der Waals surface area contributed by atoms with Crippen LogP contribution in [0.3, 0.4) is 0 Å². The minimum atomic E-state index is 0.0167. The lowest BCUT2D eigenvalue weighted by atomic mass is 9.97. The van der Waals surface area contributed by atoms with Gasteiger partial charge in [0.1, 0.15) is 0 Å². The Bertz CT molecular complexity index is 258. The Kier molecular flexibility index (Phi) is 3.69. The van der Waals surface area contributed by atoms with E-state index in [-0.39, 0.29) is 10.1 Å². The summed E-state index contributed by atoms with van der Waals surface area (Å²) >= 11 is 8.00. The predicted octanol–water partition coefficient (Wildman–Crippen LogP) is 3.89. The SMILES string of the molecule is CS[C@@](C)(c1ccccc1)[C@H](C)Cl. The number of alkyl halides is 1. The van der Waals surface area contributed by atoms with Gasteiger partial charge < -0.3 is 0 Å². The van der Waals surface area contributed by atoms with Crippen molar-refractivity contribution in [1.82, 2.24) is 0 Å². The Morgan fingerprint density at radius 1 is 1.31 bits per heavy atom. The zero-order valence-electron chi connectivity index (χ0n) is 8.25. The van der Waals surface area contributed by atoms with Crippen molar-refractivity contribution in [2.24, 2.45) is 0 Å². The van der Waals surface area contributed by atoms with E-state index in [9.17, 15) is 0 Å². The first-order valence-electron chi connectivity index (χ1n) is 4.36. The molecule has 2 heteroatoms. The van der Waals surface area contributed by atoms with Gasteiger partial charge in [0.25, 0.3) is 0 Å². The first-order chi connectivity index (χ1) is 6.11. The van der Waals surface area contributed by atoms with Crippen LogP contribution >= 0.6 is 23.4 Å². The Labute approximate surface area is 89.7 Å². The normalized spacial score (nSPS) is 17.8. The summed E-state index contributed by atoms with van der Waals surface area (Å²) < 4.78 is 0.0167. The van der Waals surface area contributed by atoms with Crippen LogP contribution in [-0.4, -0.2) is 11.6 Å². The molecule has 0 bridgehead atoms. The van der Waals surface area contributed by atoms with E-state index in [2.05, 4.69) is 37.4 Å². The highest BCUT2D eigenvalue weighted by atomic mass is 35.5. The van der Waals surface area contributed by atoms with Gasteiger partial charge in [-0.3, -0.25) is 0 Å². The summed E-state index contributed by atoms with van der Waals surface area (Å²) in [4.78, 5) is 0. The zero-order chi connectivity index (χ0) is 9.90. The molecule has 0 heterocycles. The van der Waals surface area contributed by atoms with Gasteiger partial charge in [-0.2, -0.15) is 11.8 Å². The molecule has 13 heavy (non-hydrogen) atoms. The quantitative estimate of drug-likeness (QED) is 0.688. The average molecular weight is 215 g/mol. The summed E-state index contributed by atoms with van der Waals surface area (Å²) in [7, 11) is 0. The maximum Gasteiger partial charge on any atom is 0.0537 e. The third kappa shape index (κ3) is 2.21. The van der Waals surface area contributed by atoms with Gasteiger partial charge in [0, 0.05) is 5.38 Å². The van der Waals surface area contributed by atoms with Crippen LogP contribution in [0.25, 0.3) is 0 Å². The number of benzene rings is 1. The van der Waals surface area contributed by atoms with E-state index in [1.165, 1.54) is 5.56 Å². The third-order valence-electron chi connectivity index (χ3n) is 2.53. The summed E-state index contributed by atoms with van der Waals surface area (Å²) in [5.74, 6) is 0. The lowest BCUT2D eigenvalue weighted by Gasteiger charge is -2.30. The van der Waals surface area contributed by atoms with Crippen molar-refractivity contribution in [2.45, 2.75) is 24.0 Å². The lowest BCUT2D eigenvalue weighted by Crippen LogP contribution is -2.26. The van der Waals surface area contributed by atoms with Gasteiger partial charge in [0.15, 0.2) is 0 Å². The summed E-state index contributed by atoms with van der Waals surface area (Å²) in [5.41, 5.74) is 1.30. The minimum absolute atomic E-state index is 0.0167. The van der Waals surface area contributed by atoms with E-state index < -0.39 is 0 Å². The van der Waals surface area contributed by atoms with E-state index in [4.69, 9.17) is 11.6 Å². The summed E-state index contributed by atoms with van der Waals surface area (Å²) in [6.45, 7) is 4.23. The molecule has 0 nitrogen and oxygen atoms in total. The van der Waals surface area contributed by atoms with Gasteiger partial charge in [-0.15, -0.1) is 11.6 Å². The second-order valence-electron chi connectivity index (χ2n) is 3.29. The van der Waals surface area contributed by atoms with Gasteiger partial charge in [0.05, 0.1) is 4.75 Å². The average Bonchev–Trinajstić information content (AvgIpc) is 2.17. The van der Waals surface area contributed by atoms with E-state index in [0.717, 1.165) is 0 Å². The van der Waals surface area contributed by atoms with Crippen LogP contribution in [0.2, 0.25) is 0 Å². The van der Waals surface area contributed by atoms with E-state index >= 15 is 0 Å². The fourth-order valence-electron chi connectivity index (χ4n) is 1.28. The van der Waals surface area contributed by atoms with Crippen LogP contribution in [0.5, 0.6) is 0 Å². The van der Waals surface area contributed by atoms with E-state index in [1.54, 1.807) is 11.8 Å². The van der Waals surface area contributed by atoms with E-state index in [1.807, 2.05) is 13.0 Å². The molecule has 0 aromatic heterocycles. The van der Waals surface area contributed by atoms with Gasteiger partial charge in [-0.25, -0.2) is 0 Å². The van der Waals surface area contributed by atoms with Crippen LogP contribution < -0.4 is 0 Å². The van der Waals surface area contributed by atoms with Crippen molar-refractivity contribution in [2.75, 3.05) is 6.26 Å². The molecule has 0 saturated heterocycles. The summed E-state index contributed by atoms with van der Waals surface area (Å²) in [6.07, 6.45) is 2.10. The molecule has 1 aromatic rings. The molecular formula is C11H15ClS. The zero-order valence-corrected chi connectivity index (χ0v) is 9.82. The number of hydrogen-bond donors (Lipinski definition) is 0. The van der Waals surface area contributed by atoms with Crippen molar-refractivity contribution < 1.29 is 0 Å². The number of halogens is 1. The van der Waals surface area contributed by atoms with Crippen molar-refractivity contribution in [3.63, 3.8) is 0 Å². The first-order valence-corrected chi connectivity index (χ1v) is 6.02. The van der Waals surface area contributed by atoms with Crippen LogP contribution in [0.15, 0.2) is 30.3 Å².